The van der Waals surface area contributed by atoms with Crippen LogP contribution in [0.1, 0.15) is 47.0 Å². The molecule has 116 valence electrons. The number of hydrogen-bond donors (Lipinski definition) is 4. The number of nitrogens with one attached hydrogen (secondary N) is 3. The van der Waals surface area contributed by atoms with Crippen molar-refractivity contribution in [2.75, 3.05) is 6.54 Å². The number of carbonyl (C=O) groups excluding carboxylic acids is 2. The van der Waals surface area contributed by atoms with Gasteiger partial charge in [-0.25, -0.2) is 9.59 Å². The fourth-order valence-electron chi connectivity index (χ4n) is 1.53. The molecule has 4 N–H and O–H groups in total. The van der Waals surface area contributed by atoms with E-state index in [1.807, 2.05) is 27.7 Å². The third kappa shape index (κ3) is 9.18. The van der Waals surface area contributed by atoms with Gasteiger partial charge in [-0.2, -0.15) is 0 Å². The number of rotatable bonds is 7. The Hall–Kier alpha value is -1.79. The lowest BCUT2D eigenvalue weighted by Gasteiger charge is -2.20. The van der Waals surface area contributed by atoms with E-state index in [-0.39, 0.29) is 24.4 Å². The number of hydrogen-bond acceptors (Lipinski definition) is 3. The molecule has 0 aliphatic rings. The average molecular weight is 287 g/mol. The quantitative estimate of drug-likeness (QED) is 0.556. The Balaban J connectivity index is 3.99. The van der Waals surface area contributed by atoms with Crippen LogP contribution in [-0.4, -0.2) is 41.1 Å². The molecular formula is C13H25N3O4. The van der Waals surface area contributed by atoms with Gasteiger partial charge in [-0.15, -0.1) is 0 Å². The minimum absolute atomic E-state index is 0.149. The molecule has 1 atom stereocenters. The summed E-state index contributed by atoms with van der Waals surface area (Å²) in [5.74, 6) is -1.23. The fourth-order valence-corrected chi connectivity index (χ4v) is 1.53. The first-order valence-electron chi connectivity index (χ1n) is 6.74. The molecule has 0 saturated carbocycles. The van der Waals surface area contributed by atoms with Gasteiger partial charge in [0.25, 0.3) is 0 Å². The van der Waals surface area contributed by atoms with E-state index in [0.29, 0.717) is 12.8 Å². The van der Waals surface area contributed by atoms with E-state index in [9.17, 15) is 14.4 Å². The predicted octanol–water partition coefficient (Wildman–Crippen LogP) is 0.844. The highest BCUT2D eigenvalue weighted by molar-refractivity contribution is 5.83. The van der Waals surface area contributed by atoms with Crippen LogP contribution in [0.25, 0.3) is 0 Å². The maximum Gasteiger partial charge on any atom is 0.326 e. The Morgan fingerprint density at radius 2 is 1.80 bits per heavy atom. The zero-order valence-corrected chi connectivity index (χ0v) is 12.6. The first kappa shape index (κ1) is 18.2. The summed E-state index contributed by atoms with van der Waals surface area (Å²) >= 11 is 0. The molecule has 0 aliphatic carbocycles. The van der Waals surface area contributed by atoms with Gasteiger partial charge in [0.2, 0.25) is 5.91 Å². The van der Waals surface area contributed by atoms with Crippen LogP contribution in [0, 0.1) is 0 Å². The van der Waals surface area contributed by atoms with E-state index >= 15 is 0 Å². The van der Waals surface area contributed by atoms with Gasteiger partial charge in [0.05, 0.1) is 0 Å². The number of aliphatic carboxylic acids is 1. The van der Waals surface area contributed by atoms with Crippen LogP contribution in [0.5, 0.6) is 0 Å². The molecule has 0 unspecified atom stereocenters. The Morgan fingerprint density at radius 1 is 1.20 bits per heavy atom. The zero-order valence-electron chi connectivity index (χ0n) is 12.6. The number of carboxylic acids is 1. The van der Waals surface area contributed by atoms with Gasteiger partial charge in [0.15, 0.2) is 0 Å². The van der Waals surface area contributed by atoms with E-state index in [4.69, 9.17) is 5.11 Å². The highest BCUT2D eigenvalue weighted by Gasteiger charge is 2.18. The lowest BCUT2D eigenvalue weighted by Crippen LogP contribution is -2.47. The molecule has 0 spiro atoms. The van der Waals surface area contributed by atoms with Crippen LogP contribution in [0.15, 0.2) is 0 Å². The molecule has 0 aromatic heterocycles. The van der Waals surface area contributed by atoms with Gasteiger partial charge in [-0.05, 0) is 27.2 Å². The van der Waals surface area contributed by atoms with Gasteiger partial charge >= 0.3 is 12.0 Å². The normalized spacial score (nSPS) is 12.4. The van der Waals surface area contributed by atoms with Gasteiger partial charge in [-0.1, -0.05) is 13.3 Å². The summed E-state index contributed by atoms with van der Waals surface area (Å²) in [6.45, 7) is 7.60. The summed E-state index contributed by atoms with van der Waals surface area (Å²) in [4.78, 5) is 33.8. The summed E-state index contributed by atoms with van der Waals surface area (Å²) in [5.41, 5.74) is -0.311. The Kier molecular flexibility index (Phi) is 7.64. The molecule has 0 aromatic rings. The molecule has 20 heavy (non-hydrogen) atoms. The third-order valence-corrected chi connectivity index (χ3v) is 2.33. The van der Waals surface area contributed by atoms with Crippen molar-refractivity contribution in [1.29, 1.82) is 0 Å². The number of amides is 3. The molecule has 0 heterocycles. The van der Waals surface area contributed by atoms with Crippen LogP contribution >= 0.6 is 0 Å². The molecule has 0 saturated heterocycles. The summed E-state index contributed by atoms with van der Waals surface area (Å²) in [7, 11) is 0. The maximum atomic E-state index is 11.5. The smallest absolute Gasteiger partial charge is 0.326 e. The molecule has 0 aliphatic heterocycles. The van der Waals surface area contributed by atoms with Crippen molar-refractivity contribution < 1.29 is 19.5 Å². The van der Waals surface area contributed by atoms with Gasteiger partial charge < -0.3 is 21.1 Å². The maximum absolute atomic E-state index is 11.5. The standard InChI is InChI=1S/C13H25N3O4/c1-5-6-9(11(18)19)15-12(20)14-8-7-10(17)16-13(2,3)4/h9H,5-8H2,1-4H3,(H,16,17)(H,18,19)(H2,14,15,20)/t9-/m1/s1. The van der Waals surface area contributed by atoms with Gasteiger partial charge in [-0.3, -0.25) is 4.79 Å². The molecule has 0 fully saturated rings. The summed E-state index contributed by atoms with van der Waals surface area (Å²) in [6, 6.07) is -1.47. The zero-order chi connectivity index (χ0) is 15.8. The van der Waals surface area contributed by atoms with Gasteiger partial charge in [0.1, 0.15) is 6.04 Å². The lowest BCUT2D eigenvalue weighted by atomic mass is 10.1. The predicted molar refractivity (Wildman–Crippen MR) is 75.4 cm³/mol. The topological polar surface area (TPSA) is 108 Å². The second-order valence-electron chi connectivity index (χ2n) is 5.63. The van der Waals surface area contributed by atoms with Crippen LogP contribution in [0.3, 0.4) is 0 Å². The second-order valence-corrected chi connectivity index (χ2v) is 5.63. The van der Waals surface area contributed by atoms with E-state index < -0.39 is 18.0 Å². The van der Waals surface area contributed by atoms with Crippen LogP contribution in [0.4, 0.5) is 4.79 Å². The monoisotopic (exact) mass is 287 g/mol. The fraction of sp³-hybridized carbons (Fsp3) is 0.769. The molecule has 7 heteroatoms. The molecule has 0 rings (SSSR count). The second kappa shape index (κ2) is 8.39. The molecule has 0 aromatic carbocycles. The van der Waals surface area contributed by atoms with Crippen LogP contribution in [0.2, 0.25) is 0 Å². The Bertz CT molecular complexity index is 350. The SMILES string of the molecule is CCC[C@@H](NC(=O)NCCC(=O)NC(C)(C)C)C(=O)O. The minimum Gasteiger partial charge on any atom is -0.480 e. The minimum atomic E-state index is -1.06. The third-order valence-electron chi connectivity index (χ3n) is 2.33. The Morgan fingerprint density at radius 3 is 2.25 bits per heavy atom. The molecular weight excluding hydrogens is 262 g/mol. The van der Waals surface area contributed by atoms with Crippen molar-refractivity contribution in [2.24, 2.45) is 0 Å². The first-order chi connectivity index (χ1) is 9.15. The molecule has 0 bridgehead atoms. The number of urea groups is 1. The van der Waals surface area contributed by atoms with Crippen LogP contribution < -0.4 is 16.0 Å². The van der Waals surface area contributed by atoms with Crippen molar-refractivity contribution in [3.8, 4) is 0 Å². The summed E-state index contributed by atoms with van der Waals surface area (Å²) in [5, 5.41) is 16.5. The van der Waals surface area contributed by atoms with Crippen LogP contribution in [-0.2, 0) is 9.59 Å². The van der Waals surface area contributed by atoms with E-state index in [1.54, 1.807) is 0 Å². The Labute approximate surface area is 119 Å². The summed E-state index contributed by atoms with van der Waals surface area (Å²) < 4.78 is 0. The van der Waals surface area contributed by atoms with E-state index in [1.165, 1.54) is 0 Å². The van der Waals surface area contributed by atoms with Crippen molar-refractivity contribution in [3.05, 3.63) is 0 Å². The van der Waals surface area contributed by atoms with Crippen molar-refractivity contribution >= 4 is 17.9 Å². The van der Waals surface area contributed by atoms with Crippen molar-refractivity contribution in [2.45, 2.75) is 58.5 Å². The first-order valence-corrected chi connectivity index (χ1v) is 6.74. The molecule has 0 radical (unpaired) electrons. The summed E-state index contributed by atoms with van der Waals surface area (Å²) in [6.07, 6.45) is 1.18. The molecule has 7 nitrogen and oxygen atoms in total. The lowest BCUT2D eigenvalue weighted by molar-refractivity contribution is -0.139. The van der Waals surface area contributed by atoms with Crippen molar-refractivity contribution in [1.82, 2.24) is 16.0 Å². The highest BCUT2D eigenvalue weighted by atomic mass is 16.4. The molecule has 3 amide bonds. The van der Waals surface area contributed by atoms with E-state index in [2.05, 4.69) is 16.0 Å². The highest BCUT2D eigenvalue weighted by Crippen LogP contribution is 1.99. The van der Waals surface area contributed by atoms with E-state index in [0.717, 1.165) is 0 Å². The number of carbonyl (C=O) groups is 3. The largest absolute Gasteiger partial charge is 0.480 e. The average Bonchev–Trinajstić information content (AvgIpc) is 2.25. The van der Waals surface area contributed by atoms with Crippen molar-refractivity contribution in [3.63, 3.8) is 0 Å². The number of carboxylic acid groups (broad SMARTS) is 1. The van der Waals surface area contributed by atoms with Gasteiger partial charge in [0, 0.05) is 18.5 Å².